The van der Waals surface area contributed by atoms with Crippen molar-refractivity contribution in [3.05, 3.63) is 56.9 Å². The minimum atomic E-state index is -0.0409. The summed E-state index contributed by atoms with van der Waals surface area (Å²) in [5.41, 5.74) is 2.42. The molecule has 0 amide bonds. The normalized spacial score (nSPS) is 19.0. The Morgan fingerprint density at radius 3 is 2.82 bits per heavy atom. The van der Waals surface area contributed by atoms with Crippen LogP contribution < -0.4 is 0 Å². The van der Waals surface area contributed by atoms with Crippen LogP contribution in [0, 0.1) is 0 Å². The lowest BCUT2D eigenvalue weighted by atomic mass is 9.82. The summed E-state index contributed by atoms with van der Waals surface area (Å²) in [6.45, 7) is 6.25. The molecule has 0 aromatic carbocycles. The van der Waals surface area contributed by atoms with Crippen LogP contribution in [0.15, 0.2) is 36.7 Å². The minimum absolute atomic E-state index is 0.0409. The second-order valence-corrected chi connectivity index (χ2v) is 9.96. The lowest BCUT2D eigenvalue weighted by molar-refractivity contribution is -0.0980. The average Bonchev–Trinajstić information content (AvgIpc) is 3.38. The SMILES string of the molecule is CCc1cc2c(s1)CCOC21CCN(Cc2cnc(-c3ccccn3)s2)CC1. The first-order chi connectivity index (χ1) is 13.8. The van der Waals surface area contributed by atoms with Crippen LogP contribution in [-0.2, 0) is 29.7 Å². The van der Waals surface area contributed by atoms with E-state index in [0.29, 0.717) is 0 Å². The van der Waals surface area contributed by atoms with Gasteiger partial charge in [-0.1, -0.05) is 13.0 Å². The fourth-order valence-corrected chi connectivity index (χ4v) is 6.45. The number of nitrogens with zero attached hydrogens (tertiary/aromatic N) is 3. The summed E-state index contributed by atoms with van der Waals surface area (Å²) in [6.07, 6.45) is 8.23. The van der Waals surface area contributed by atoms with Gasteiger partial charge in [0, 0.05) is 53.1 Å². The quantitative estimate of drug-likeness (QED) is 0.612. The van der Waals surface area contributed by atoms with E-state index < -0.39 is 0 Å². The summed E-state index contributed by atoms with van der Waals surface area (Å²) in [5.74, 6) is 0. The van der Waals surface area contributed by atoms with Crippen LogP contribution in [0.5, 0.6) is 0 Å². The van der Waals surface area contributed by atoms with E-state index in [1.54, 1.807) is 16.2 Å². The summed E-state index contributed by atoms with van der Waals surface area (Å²) >= 11 is 3.76. The van der Waals surface area contributed by atoms with E-state index in [2.05, 4.69) is 27.9 Å². The largest absolute Gasteiger partial charge is 0.370 e. The van der Waals surface area contributed by atoms with E-state index >= 15 is 0 Å². The zero-order valence-electron chi connectivity index (χ0n) is 16.2. The maximum absolute atomic E-state index is 6.41. The number of pyridine rings is 1. The molecule has 1 spiro atoms. The molecule has 3 aromatic rings. The predicted molar refractivity (Wildman–Crippen MR) is 115 cm³/mol. The van der Waals surface area contributed by atoms with Gasteiger partial charge in [-0.2, -0.15) is 0 Å². The summed E-state index contributed by atoms with van der Waals surface area (Å²) in [5, 5.41) is 1.01. The van der Waals surface area contributed by atoms with Gasteiger partial charge in [0.1, 0.15) is 5.01 Å². The first-order valence-corrected chi connectivity index (χ1v) is 11.7. The number of likely N-dealkylation sites (tertiary alicyclic amines) is 1. The van der Waals surface area contributed by atoms with E-state index in [0.717, 1.165) is 62.6 Å². The van der Waals surface area contributed by atoms with Crippen molar-refractivity contribution in [2.75, 3.05) is 19.7 Å². The lowest BCUT2D eigenvalue weighted by Gasteiger charge is -2.44. The van der Waals surface area contributed by atoms with Crippen molar-refractivity contribution in [3.8, 4) is 10.7 Å². The molecule has 0 atom stereocenters. The van der Waals surface area contributed by atoms with Crippen LogP contribution >= 0.6 is 22.7 Å². The third kappa shape index (κ3) is 3.43. The number of ether oxygens (including phenoxy) is 1. The molecule has 2 aliphatic rings. The maximum atomic E-state index is 6.41. The van der Waals surface area contributed by atoms with Crippen LogP contribution in [0.2, 0.25) is 0 Å². The Balaban J connectivity index is 1.26. The molecule has 3 aromatic heterocycles. The Morgan fingerprint density at radius 1 is 1.14 bits per heavy atom. The van der Waals surface area contributed by atoms with Crippen LogP contribution in [0.1, 0.15) is 40.0 Å². The Labute approximate surface area is 174 Å². The van der Waals surface area contributed by atoms with Gasteiger partial charge in [0.05, 0.1) is 17.9 Å². The number of rotatable bonds is 4. The van der Waals surface area contributed by atoms with E-state index in [1.165, 1.54) is 15.3 Å². The number of piperidine rings is 1. The Morgan fingerprint density at radius 2 is 2.04 bits per heavy atom. The summed E-state index contributed by atoms with van der Waals surface area (Å²) < 4.78 is 6.41. The standard InChI is InChI=1S/C22H25N3OS2/c1-2-16-13-18-20(27-16)6-12-26-22(18)7-10-25(11-8-22)15-17-14-24-21(28-17)19-5-3-4-9-23-19/h3-5,9,13-14H,2,6-8,10-12,15H2,1H3. The minimum Gasteiger partial charge on any atom is -0.370 e. The van der Waals surface area contributed by atoms with E-state index in [9.17, 15) is 0 Å². The molecular formula is C22H25N3OS2. The van der Waals surface area contributed by atoms with E-state index in [4.69, 9.17) is 4.74 Å². The first-order valence-electron chi connectivity index (χ1n) is 10.1. The molecule has 0 unspecified atom stereocenters. The number of aryl methyl sites for hydroxylation is 1. The summed E-state index contributed by atoms with van der Waals surface area (Å²) in [7, 11) is 0. The summed E-state index contributed by atoms with van der Waals surface area (Å²) in [6, 6.07) is 8.41. The first kappa shape index (κ1) is 18.4. The number of hydrogen-bond donors (Lipinski definition) is 0. The second-order valence-electron chi connectivity index (χ2n) is 7.62. The molecule has 0 saturated carbocycles. The molecule has 5 heterocycles. The van der Waals surface area contributed by atoms with E-state index in [-0.39, 0.29) is 5.60 Å². The highest BCUT2D eigenvalue weighted by Crippen LogP contribution is 2.45. The van der Waals surface area contributed by atoms with Crippen molar-refractivity contribution in [1.82, 2.24) is 14.9 Å². The van der Waals surface area contributed by atoms with Gasteiger partial charge in [0.15, 0.2) is 0 Å². The van der Waals surface area contributed by atoms with Crippen molar-refractivity contribution in [2.45, 2.75) is 44.8 Å². The number of hydrogen-bond acceptors (Lipinski definition) is 6. The highest BCUT2D eigenvalue weighted by molar-refractivity contribution is 7.15. The molecule has 146 valence electrons. The van der Waals surface area contributed by atoms with Crippen LogP contribution in [0.4, 0.5) is 0 Å². The average molecular weight is 412 g/mol. The lowest BCUT2D eigenvalue weighted by Crippen LogP contribution is -2.45. The van der Waals surface area contributed by atoms with Gasteiger partial charge in [-0.25, -0.2) is 4.98 Å². The Bertz CT molecular complexity index is 942. The fourth-order valence-electron chi connectivity index (χ4n) is 4.34. The van der Waals surface area contributed by atoms with Gasteiger partial charge in [-0.05, 0) is 43.0 Å². The molecular weight excluding hydrogens is 386 g/mol. The van der Waals surface area contributed by atoms with Gasteiger partial charge in [0.25, 0.3) is 0 Å². The number of thiophene rings is 1. The van der Waals surface area contributed by atoms with Crippen LogP contribution in [0.25, 0.3) is 10.7 Å². The van der Waals surface area contributed by atoms with Crippen molar-refractivity contribution < 1.29 is 4.74 Å². The van der Waals surface area contributed by atoms with Gasteiger partial charge < -0.3 is 4.74 Å². The molecule has 5 rings (SSSR count). The second kappa shape index (κ2) is 7.67. The smallest absolute Gasteiger partial charge is 0.142 e. The van der Waals surface area contributed by atoms with Crippen molar-refractivity contribution >= 4 is 22.7 Å². The zero-order valence-corrected chi connectivity index (χ0v) is 17.8. The highest BCUT2D eigenvalue weighted by atomic mass is 32.1. The Kier molecular flexibility index (Phi) is 5.05. The van der Waals surface area contributed by atoms with Gasteiger partial charge >= 0.3 is 0 Å². The van der Waals surface area contributed by atoms with Crippen LogP contribution in [-0.4, -0.2) is 34.6 Å². The monoisotopic (exact) mass is 411 g/mol. The molecule has 28 heavy (non-hydrogen) atoms. The number of aromatic nitrogens is 2. The molecule has 0 aliphatic carbocycles. The molecule has 4 nitrogen and oxygen atoms in total. The molecule has 1 fully saturated rings. The molecule has 0 N–H and O–H groups in total. The number of fused-ring (bicyclic) bond motifs is 2. The third-order valence-electron chi connectivity index (χ3n) is 5.89. The zero-order chi connectivity index (χ0) is 19.0. The van der Waals surface area contributed by atoms with Gasteiger partial charge in [0.2, 0.25) is 0 Å². The highest BCUT2D eigenvalue weighted by Gasteiger charge is 2.41. The van der Waals surface area contributed by atoms with Crippen molar-refractivity contribution in [2.24, 2.45) is 0 Å². The van der Waals surface area contributed by atoms with Gasteiger partial charge in [-0.15, -0.1) is 22.7 Å². The maximum Gasteiger partial charge on any atom is 0.142 e. The molecule has 1 saturated heterocycles. The van der Waals surface area contributed by atoms with E-state index in [1.807, 2.05) is 41.9 Å². The Hall–Kier alpha value is -1.60. The predicted octanol–water partition coefficient (Wildman–Crippen LogP) is 4.89. The topological polar surface area (TPSA) is 38.2 Å². The third-order valence-corrected chi connectivity index (χ3v) is 8.23. The molecule has 6 heteroatoms. The van der Waals surface area contributed by atoms with Gasteiger partial charge in [-0.3, -0.25) is 9.88 Å². The summed E-state index contributed by atoms with van der Waals surface area (Å²) in [4.78, 5) is 15.9. The van der Waals surface area contributed by atoms with Crippen molar-refractivity contribution in [1.29, 1.82) is 0 Å². The van der Waals surface area contributed by atoms with Crippen molar-refractivity contribution in [3.63, 3.8) is 0 Å². The van der Waals surface area contributed by atoms with Crippen LogP contribution in [0.3, 0.4) is 0 Å². The number of thiazole rings is 1. The molecule has 0 radical (unpaired) electrons. The fraction of sp³-hybridized carbons (Fsp3) is 0.455. The molecule has 0 bridgehead atoms. The molecule has 2 aliphatic heterocycles.